The van der Waals surface area contributed by atoms with Gasteiger partial charge in [0.25, 0.3) is 0 Å². The Morgan fingerprint density at radius 2 is 2.17 bits per heavy atom. The van der Waals surface area contributed by atoms with Crippen LogP contribution in [0.3, 0.4) is 0 Å². The van der Waals surface area contributed by atoms with E-state index < -0.39 is 10.8 Å². The minimum absolute atomic E-state index is 0.103. The molecule has 1 aromatic rings. The van der Waals surface area contributed by atoms with E-state index in [0.29, 0.717) is 0 Å². The van der Waals surface area contributed by atoms with E-state index in [9.17, 15) is 4.21 Å². The van der Waals surface area contributed by atoms with Gasteiger partial charge in [0.05, 0.1) is 10.4 Å². The molecule has 1 aromatic heterocycles. The van der Waals surface area contributed by atoms with Crippen LogP contribution in [0.5, 0.6) is 0 Å². The fourth-order valence-corrected chi connectivity index (χ4v) is 4.66. The molecule has 0 amide bonds. The molecule has 102 valence electrons. The zero-order valence-corrected chi connectivity index (χ0v) is 12.9. The molecular formula is C12H19ClN2OS2. The lowest BCUT2D eigenvalue weighted by Gasteiger charge is -2.36. The summed E-state index contributed by atoms with van der Waals surface area (Å²) in [4.78, 5) is 3.58. The minimum Gasteiger partial charge on any atom is -0.326 e. The average molecular weight is 307 g/mol. The monoisotopic (exact) mass is 306 g/mol. The molecule has 18 heavy (non-hydrogen) atoms. The van der Waals surface area contributed by atoms with Crippen LogP contribution >= 0.6 is 22.9 Å². The summed E-state index contributed by atoms with van der Waals surface area (Å²) in [6, 6.07) is 4.31. The van der Waals surface area contributed by atoms with Gasteiger partial charge in [-0.05, 0) is 18.6 Å². The van der Waals surface area contributed by atoms with Crippen molar-refractivity contribution in [1.82, 2.24) is 4.90 Å². The van der Waals surface area contributed by atoms with Crippen molar-refractivity contribution in [3.05, 3.63) is 21.3 Å². The first kappa shape index (κ1) is 14.5. The lowest BCUT2D eigenvalue weighted by Crippen LogP contribution is -2.46. The first-order chi connectivity index (χ1) is 8.61. The van der Waals surface area contributed by atoms with Crippen molar-refractivity contribution in [2.75, 3.05) is 24.6 Å². The molecule has 1 fully saturated rings. The zero-order chi connectivity index (χ0) is 13.1. The molecule has 6 heteroatoms. The normalized spacial score (nSPS) is 21.9. The molecule has 2 atom stereocenters. The largest absolute Gasteiger partial charge is 0.326 e. The molecule has 0 aromatic carbocycles. The number of hydrogen-bond acceptors (Lipinski definition) is 4. The topological polar surface area (TPSA) is 46.3 Å². The molecule has 0 radical (unpaired) electrons. The fourth-order valence-electron chi connectivity index (χ4n) is 2.30. The summed E-state index contributed by atoms with van der Waals surface area (Å²) in [6.07, 6.45) is 0.930. The van der Waals surface area contributed by atoms with Gasteiger partial charge in [-0.3, -0.25) is 9.11 Å². The van der Waals surface area contributed by atoms with Gasteiger partial charge < -0.3 is 5.73 Å². The van der Waals surface area contributed by atoms with E-state index in [2.05, 4.69) is 17.9 Å². The lowest BCUT2D eigenvalue weighted by molar-refractivity contribution is 0.188. The summed E-state index contributed by atoms with van der Waals surface area (Å²) in [5.74, 6) is 1.51. The van der Waals surface area contributed by atoms with Crippen molar-refractivity contribution >= 4 is 33.7 Å². The van der Waals surface area contributed by atoms with E-state index in [-0.39, 0.29) is 12.1 Å². The maximum atomic E-state index is 11.4. The lowest BCUT2D eigenvalue weighted by atomic mass is 10.0. The molecule has 2 rings (SSSR count). The quantitative estimate of drug-likeness (QED) is 0.928. The zero-order valence-electron chi connectivity index (χ0n) is 10.5. The van der Waals surface area contributed by atoms with Crippen molar-refractivity contribution in [1.29, 1.82) is 0 Å². The van der Waals surface area contributed by atoms with Crippen LogP contribution in [-0.4, -0.2) is 39.7 Å². The molecule has 2 unspecified atom stereocenters. The van der Waals surface area contributed by atoms with Gasteiger partial charge in [0, 0.05) is 46.3 Å². The van der Waals surface area contributed by atoms with Crippen molar-refractivity contribution in [3.8, 4) is 0 Å². The summed E-state index contributed by atoms with van der Waals surface area (Å²) in [7, 11) is -0.649. The molecule has 1 aliphatic heterocycles. The van der Waals surface area contributed by atoms with Crippen molar-refractivity contribution in [2.45, 2.75) is 25.4 Å². The molecule has 1 saturated heterocycles. The third-order valence-electron chi connectivity index (χ3n) is 3.37. The van der Waals surface area contributed by atoms with Crippen LogP contribution in [0.2, 0.25) is 4.34 Å². The summed E-state index contributed by atoms with van der Waals surface area (Å²) in [5, 5.41) is 0. The van der Waals surface area contributed by atoms with Gasteiger partial charge >= 0.3 is 0 Å². The van der Waals surface area contributed by atoms with Gasteiger partial charge in [-0.25, -0.2) is 0 Å². The number of nitrogens with two attached hydrogens (primary N) is 1. The average Bonchev–Trinajstić information content (AvgIpc) is 2.78. The summed E-state index contributed by atoms with van der Waals surface area (Å²) >= 11 is 7.63. The first-order valence-electron chi connectivity index (χ1n) is 6.21. The molecule has 2 N–H and O–H groups in total. The maximum Gasteiger partial charge on any atom is 0.0931 e. The number of rotatable bonds is 4. The Morgan fingerprint density at radius 1 is 1.50 bits per heavy atom. The summed E-state index contributed by atoms with van der Waals surface area (Å²) in [6.45, 7) is 3.83. The predicted molar refractivity (Wildman–Crippen MR) is 79.8 cm³/mol. The smallest absolute Gasteiger partial charge is 0.0931 e. The Morgan fingerprint density at radius 3 is 2.67 bits per heavy atom. The first-order valence-corrected chi connectivity index (χ1v) is 8.90. The van der Waals surface area contributed by atoms with Gasteiger partial charge in [0.15, 0.2) is 0 Å². The van der Waals surface area contributed by atoms with E-state index in [4.69, 9.17) is 17.3 Å². The van der Waals surface area contributed by atoms with Gasteiger partial charge in [0.2, 0.25) is 0 Å². The van der Waals surface area contributed by atoms with Gasteiger partial charge in [-0.15, -0.1) is 11.3 Å². The number of hydrogen-bond donors (Lipinski definition) is 1. The van der Waals surface area contributed by atoms with E-state index in [1.54, 1.807) is 11.3 Å². The molecule has 0 saturated carbocycles. The van der Waals surface area contributed by atoms with Crippen molar-refractivity contribution < 1.29 is 4.21 Å². The second-order valence-electron chi connectivity index (χ2n) is 4.54. The highest BCUT2D eigenvalue weighted by atomic mass is 35.5. The highest BCUT2D eigenvalue weighted by molar-refractivity contribution is 7.85. The number of nitrogens with zero attached hydrogens (tertiary/aromatic N) is 1. The second kappa shape index (κ2) is 6.48. The van der Waals surface area contributed by atoms with Crippen LogP contribution in [0, 0.1) is 0 Å². The SMILES string of the molecule is CCC(N)C(c1ccc(Cl)s1)N1CCS(=O)CC1. The highest BCUT2D eigenvalue weighted by Crippen LogP contribution is 2.33. The molecule has 2 heterocycles. The van der Waals surface area contributed by atoms with Crippen LogP contribution in [0.25, 0.3) is 0 Å². The van der Waals surface area contributed by atoms with Crippen LogP contribution in [0.1, 0.15) is 24.3 Å². The van der Waals surface area contributed by atoms with Crippen LogP contribution in [-0.2, 0) is 10.8 Å². The Hall–Kier alpha value is 0.0600. The number of thiophene rings is 1. The molecule has 1 aliphatic rings. The second-order valence-corrected chi connectivity index (χ2v) is 7.99. The van der Waals surface area contributed by atoms with Gasteiger partial charge in [-0.2, -0.15) is 0 Å². The third kappa shape index (κ3) is 3.33. The van der Waals surface area contributed by atoms with Gasteiger partial charge in [-0.1, -0.05) is 18.5 Å². The fraction of sp³-hybridized carbons (Fsp3) is 0.667. The maximum absolute atomic E-state index is 11.4. The Balaban J connectivity index is 2.17. The highest BCUT2D eigenvalue weighted by Gasteiger charge is 2.29. The molecule has 3 nitrogen and oxygen atoms in total. The van der Waals surface area contributed by atoms with E-state index in [0.717, 1.165) is 35.4 Å². The molecule has 0 bridgehead atoms. The van der Waals surface area contributed by atoms with Crippen LogP contribution in [0.4, 0.5) is 0 Å². The van der Waals surface area contributed by atoms with E-state index >= 15 is 0 Å². The third-order valence-corrected chi connectivity index (χ3v) is 5.95. The predicted octanol–water partition coefficient (Wildman–Crippen LogP) is 2.24. The molecular weight excluding hydrogens is 288 g/mol. The summed E-state index contributed by atoms with van der Waals surface area (Å²) < 4.78 is 12.3. The molecule has 0 spiro atoms. The summed E-state index contributed by atoms with van der Waals surface area (Å²) in [5.41, 5.74) is 6.27. The van der Waals surface area contributed by atoms with Crippen LogP contribution in [0.15, 0.2) is 12.1 Å². The Bertz CT molecular complexity index is 414. The van der Waals surface area contributed by atoms with Crippen molar-refractivity contribution in [2.24, 2.45) is 5.73 Å². The van der Waals surface area contributed by atoms with Gasteiger partial charge in [0.1, 0.15) is 0 Å². The minimum atomic E-state index is -0.649. The van der Waals surface area contributed by atoms with Crippen molar-refractivity contribution in [3.63, 3.8) is 0 Å². The van der Waals surface area contributed by atoms with E-state index in [1.165, 1.54) is 4.88 Å². The Labute approximate surface area is 120 Å². The molecule has 0 aliphatic carbocycles. The van der Waals surface area contributed by atoms with E-state index in [1.807, 2.05) is 6.07 Å². The number of halogens is 1. The standard InChI is InChI=1S/C12H19ClN2OS2/c1-2-9(14)12(10-3-4-11(13)17-10)15-5-7-18(16)8-6-15/h3-4,9,12H,2,5-8,14H2,1H3. The van der Waals surface area contributed by atoms with Crippen LogP contribution < -0.4 is 5.73 Å². The Kier molecular flexibility index (Phi) is 5.21.